The highest BCUT2D eigenvalue weighted by Crippen LogP contribution is 2.24. The smallest absolute Gasteiger partial charge is 0.276 e. The standard InChI is InChI=1S/C20H19N5O4/c1-14-19(21-22-24(14)16-8-5-9-17(12-16)25(27)28)20(26)23-10-11-29-18(13-23)15-6-3-2-4-7-15/h2-9,12,18H,10-11,13H2,1H3. The molecule has 1 saturated heterocycles. The maximum Gasteiger partial charge on any atom is 0.276 e. The van der Waals surface area contributed by atoms with Crippen LogP contribution in [0.5, 0.6) is 0 Å². The van der Waals surface area contributed by atoms with E-state index >= 15 is 0 Å². The Morgan fingerprint density at radius 3 is 2.76 bits per heavy atom. The predicted octanol–water partition coefficient (Wildman–Crippen LogP) is 2.70. The molecule has 1 aromatic heterocycles. The van der Waals surface area contributed by atoms with Gasteiger partial charge in [0, 0.05) is 18.7 Å². The summed E-state index contributed by atoms with van der Waals surface area (Å²) < 4.78 is 7.26. The van der Waals surface area contributed by atoms with Crippen LogP contribution in [0.15, 0.2) is 54.6 Å². The first-order chi connectivity index (χ1) is 14.0. The van der Waals surface area contributed by atoms with Gasteiger partial charge in [0.1, 0.15) is 6.10 Å². The van der Waals surface area contributed by atoms with Crippen molar-refractivity contribution in [3.63, 3.8) is 0 Å². The molecule has 29 heavy (non-hydrogen) atoms. The van der Waals surface area contributed by atoms with Crippen molar-refractivity contribution in [3.05, 3.63) is 81.7 Å². The molecule has 1 amide bonds. The van der Waals surface area contributed by atoms with Gasteiger partial charge in [-0.15, -0.1) is 5.10 Å². The SMILES string of the molecule is Cc1c(C(=O)N2CCOC(c3ccccc3)C2)nnn1-c1cccc([N+](=O)[O-])c1. The van der Waals surface area contributed by atoms with Gasteiger partial charge in [-0.2, -0.15) is 0 Å². The molecule has 0 saturated carbocycles. The van der Waals surface area contributed by atoms with Crippen LogP contribution in [0.3, 0.4) is 0 Å². The molecular weight excluding hydrogens is 374 g/mol. The Bertz CT molecular complexity index is 1050. The van der Waals surface area contributed by atoms with Crippen molar-refractivity contribution in [3.8, 4) is 5.69 Å². The summed E-state index contributed by atoms with van der Waals surface area (Å²) in [5.41, 5.74) is 2.20. The number of morpholine rings is 1. The third kappa shape index (κ3) is 3.72. The molecule has 1 fully saturated rings. The van der Waals surface area contributed by atoms with Crippen LogP contribution in [0.1, 0.15) is 27.8 Å². The molecule has 148 valence electrons. The van der Waals surface area contributed by atoms with Crippen LogP contribution in [0, 0.1) is 17.0 Å². The van der Waals surface area contributed by atoms with Crippen LogP contribution in [0.25, 0.3) is 5.69 Å². The number of amides is 1. The van der Waals surface area contributed by atoms with Crippen molar-refractivity contribution in [1.29, 1.82) is 0 Å². The molecule has 9 heteroatoms. The molecule has 0 bridgehead atoms. The van der Waals surface area contributed by atoms with Crippen LogP contribution >= 0.6 is 0 Å². The Morgan fingerprint density at radius 1 is 1.21 bits per heavy atom. The summed E-state index contributed by atoms with van der Waals surface area (Å²) in [6.07, 6.45) is -0.193. The summed E-state index contributed by atoms with van der Waals surface area (Å²) in [6.45, 7) is 3.04. The summed E-state index contributed by atoms with van der Waals surface area (Å²) in [5, 5.41) is 19.1. The predicted molar refractivity (Wildman–Crippen MR) is 104 cm³/mol. The number of non-ortho nitro benzene ring substituents is 1. The lowest BCUT2D eigenvalue weighted by molar-refractivity contribution is -0.384. The normalized spacial score (nSPS) is 16.6. The number of nitro benzene ring substituents is 1. The number of ether oxygens (including phenoxy) is 1. The molecule has 2 heterocycles. The van der Waals surface area contributed by atoms with Crippen molar-refractivity contribution < 1.29 is 14.5 Å². The van der Waals surface area contributed by atoms with Gasteiger partial charge in [0.05, 0.1) is 29.5 Å². The molecule has 0 N–H and O–H groups in total. The third-order valence-electron chi connectivity index (χ3n) is 4.91. The lowest BCUT2D eigenvalue weighted by Gasteiger charge is -2.32. The zero-order chi connectivity index (χ0) is 20.4. The maximum atomic E-state index is 13.1. The van der Waals surface area contributed by atoms with E-state index in [0.717, 1.165) is 5.56 Å². The largest absolute Gasteiger partial charge is 0.370 e. The molecule has 0 aliphatic carbocycles. The molecule has 3 aromatic rings. The topological polar surface area (TPSA) is 103 Å². The number of nitro groups is 1. The summed E-state index contributed by atoms with van der Waals surface area (Å²) in [7, 11) is 0. The molecule has 4 rings (SSSR count). The van der Waals surface area contributed by atoms with E-state index < -0.39 is 4.92 Å². The van der Waals surface area contributed by atoms with Gasteiger partial charge in [0.2, 0.25) is 0 Å². The first-order valence-corrected chi connectivity index (χ1v) is 9.17. The van der Waals surface area contributed by atoms with Gasteiger partial charge in [-0.1, -0.05) is 41.6 Å². The fraction of sp³-hybridized carbons (Fsp3) is 0.250. The number of hydrogen-bond donors (Lipinski definition) is 0. The average molecular weight is 393 g/mol. The number of hydrogen-bond acceptors (Lipinski definition) is 6. The van der Waals surface area contributed by atoms with E-state index in [9.17, 15) is 14.9 Å². The lowest BCUT2D eigenvalue weighted by Crippen LogP contribution is -2.42. The fourth-order valence-corrected chi connectivity index (χ4v) is 3.36. The number of benzene rings is 2. The molecule has 1 aliphatic rings. The molecule has 9 nitrogen and oxygen atoms in total. The number of nitrogens with zero attached hydrogens (tertiary/aromatic N) is 5. The molecule has 2 aromatic carbocycles. The Hall–Kier alpha value is -3.59. The van der Waals surface area contributed by atoms with Crippen LogP contribution in [-0.2, 0) is 4.74 Å². The summed E-state index contributed by atoms with van der Waals surface area (Å²) >= 11 is 0. The van der Waals surface area contributed by atoms with E-state index in [0.29, 0.717) is 31.1 Å². The van der Waals surface area contributed by atoms with Gasteiger partial charge in [-0.3, -0.25) is 14.9 Å². The van der Waals surface area contributed by atoms with E-state index in [2.05, 4.69) is 10.3 Å². The van der Waals surface area contributed by atoms with Crippen LogP contribution < -0.4 is 0 Å². The number of rotatable bonds is 4. The van der Waals surface area contributed by atoms with Gasteiger partial charge in [0.15, 0.2) is 5.69 Å². The average Bonchev–Trinajstić information content (AvgIpc) is 3.15. The van der Waals surface area contributed by atoms with Crippen LogP contribution in [0.4, 0.5) is 5.69 Å². The first-order valence-electron chi connectivity index (χ1n) is 9.17. The van der Waals surface area contributed by atoms with Crippen molar-refractivity contribution in [1.82, 2.24) is 19.9 Å². The zero-order valence-corrected chi connectivity index (χ0v) is 15.8. The van der Waals surface area contributed by atoms with Crippen molar-refractivity contribution in [2.75, 3.05) is 19.7 Å². The molecular formula is C20H19N5O4. The van der Waals surface area contributed by atoms with E-state index in [1.807, 2.05) is 30.3 Å². The molecule has 1 aliphatic heterocycles. The summed E-state index contributed by atoms with van der Waals surface area (Å²) in [4.78, 5) is 25.3. The fourth-order valence-electron chi connectivity index (χ4n) is 3.36. The Labute approximate surface area is 166 Å². The molecule has 1 atom stereocenters. The van der Waals surface area contributed by atoms with E-state index in [1.54, 1.807) is 24.0 Å². The minimum absolute atomic E-state index is 0.0517. The van der Waals surface area contributed by atoms with E-state index in [4.69, 9.17) is 4.74 Å². The van der Waals surface area contributed by atoms with Gasteiger partial charge < -0.3 is 9.64 Å². The first kappa shape index (κ1) is 18.8. The van der Waals surface area contributed by atoms with Crippen molar-refractivity contribution in [2.45, 2.75) is 13.0 Å². The van der Waals surface area contributed by atoms with Crippen LogP contribution in [0.2, 0.25) is 0 Å². The van der Waals surface area contributed by atoms with Gasteiger partial charge in [-0.05, 0) is 18.6 Å². The number of carbonyl (C=O) groups excluding carboxylic acids is 1. The second kappa shape index (κ2) is 7.80. The van der Waals surface area contributed by atoms with E-state index in [1.165, 1.54) is 16.8 Å². The van der Waals surface area contributed by atoms with Crippen molar-refractivity contribution >= 4 is 11.6 Å². The van der Waals surface area contributed by atoms with Gasteiger partial charge >= 0.3 is 0 Å². The summed E-state index contributed by atoms with van der Waals surface area (Å²) in [5.74, 6) is -0.233. The second-order valence-electron chi connectivity index (χ2n) is 6.73. The Morgan fingerprint density at radius 2 is 2.00 bits per heavy atom. The van der Waals surface area contributed by atoms with Gasteiger partial charge in [-0.25, -0.2) is 4.68 Å². The second-order valence-corrected chi connectivity index (χ2v) is 6.73. The maximum absolute atomic E-state index is 13.1. The summed E-state index contributed by atoms with van der Waals surface area (Å²) in [6, 6.07) is 15.8. The highest BCUT2D eigenvalue weighted by Gasteiger charge is 2.29. The number of aromatic nitrogens is 3. The highest BCUT2D eigenvalue weighted by atomic mass is 16.6. The van der Waals surface area contributed by atoms with Crippen LogP contribution in [-0.4, -0.2) is 50.4 Å². The molecule has 0 spiro atoms. The lowest BCUT2D eigenvalue weighted by atomic mass is 10.1. The molecule has 0 radical (unpaired) electrons. The third-order valence-corrected chi connectivity index (χ3v) is 4.91. The zero-order valence-electron chi connectivity index (χ0n) is 15.8. The van der Waals surface area contributed by atoms with Gasteiger partial charge in [0.25, 0.3) is 11.6 Å². The van der Waals surface area contributed by atoms with Crippen molar-refractivity contribution in [2.24, 2.45) is 0 Å². The highest BCUT2D eigenvalue weighted by molar-refractivity contribution is 5.93. The quantitative estimate of drug-likeness (QED) is 0.499. The molecule has 1 unspecified atom stereocenters. The van der Waals surface area contributed by atoms with E-state index in [-0.39, 0.29) is 23.4 Å². The Balaban J connectivity index is 1.57. The number of carbonyl (C=O) groups is 1. The minimum Gasteiger partial charge on any atom is -0.370 e. The minimum atomic E-state index is -0.473. The Kier molecular flexibility index (Phi) is 5.05. The monoisotopic (exact) mass is 393 g/mol.